The third-order valence-corrected chi connectivity index (χ3v) is 6.17. The molecule has 1 aliphatic carbocycles. The van der Waals surface area contributed by atoms with E-state index >= 15 is 0 Å². The molecule has 1 fully saturated rings. The molecule has 3 rings (SSSR count). The van der Waals surface area contributed by atoms with Gasteiger partial charge in [-0.3, -0.25) is 4.79 Å². The first-order valence-corrected chi connectivity index (χ1v) is 9.39. The van der Waals surface area contributed by atoms with E-state index in [4.69, 9.17) is 16.3 Å². The van der Waals surface area contributed by atoms with Crippen molar-refractivity contribution in [3.63, 3.8) is 0 Å². The molecule has 0 spiro atoms. The van der Waals surface area contributed by atoms with Crippen molar-refractivity contribution in [2.24, 2.45) is 5.92 Å². The molecule has 0 bridgehead atoms. The lowest BCUT2D eigenvalue weighted by Gasteiger charge is -2.29. The molecule has 1 heterocycles. The molecule has 1 saturated carbocycles. The van der Waals surface area contributed by atoms with E-state index in [2.05, 4.69) is 12.2 Å². The van der Waals surface area contributed by atoms with Gasteiger partial charge in [0, 0.05) is 16.1 Å². The lowest BCUT2D eigenvalue weighted by atomic mass is 9.86. The highest BCUT2D eigenvalue weighted by molar-refractivity contribution is 7.21. The van der Waals surface area contributed by atoms with Gasteiger partial charge in [0.15, 0.2) is 6.61 Å². The number of hydrogen-bond donors (Lipinski definition) is 1. The third-order valence-electron chi connectivity index (χ3n) is 4.51. The zero-order chi connectivity index (χ0) is 17.1. The van der Waals surface area contributed by atoms with E-state index in [0.29, 0.717) is 15.8 Å². The zero-order valence-electron chi connectivity index (χ0n) is 13.5. The molecular formula is C18H20ClNO3S. The Kier molecular flexibility index (Phi) is 5.41. The normalized spacial score (nSPS) is 20.8. The predicted molar refractivity (Wildman–Crippen MR) is 96.7 cm³/mol. The van der Waals surface area contributed by atoms with Crippen LogP contribution < -0.4 is 5.32 Å². The number of benzene rings is 1. The van der Waals surface area contributed by atoms with Gasteiger partial charge in [-0.25, -0.2) is 4.79 Å². The van der Waals surface area contributed by atoms with E-state index in [9.17, 15) is 9.59 Å². The summed E-state index contributed by atoms with van der Waals surface area (Å²) in [6.07, 6.45) is 4.46. The minimum absolute atomic E-state index is 0.179. The zero-order valence-corrected chi connectivity index (χ0v) is 15.1. The molecule has 2 aromatic rings. The Hall–Kier alpha value is -1.59. The Morgan fingerprint density at radius 2 is 2.04 bits per heavy atom. The van der Waals surface area contributed by atoms with Gasteiger partial charge in [0.1, 0.15) is 4.88 Å². The number of esters is 1. The third kappa shape index (κ3) is 3.73. The molecule has 1 amide bonds. The highest BCUT2D eigenvalue weighted by atomic mass is 35.5. The van der Waals surface area contributed by atoms with E-state index in [1.807, 2.05) is 24.3 Å². The summed E-state index contributed by atoms with van der Waals surface area (Å²) >= 11 is 7.53. The molecule has 6 heteroatoms. The van der Waals surface area contributed by atoms with Crippen LogP contribution in [0.25, 0.3) is 10.1 Å². The molecule has 2 atom stereocenters. The maximum absolute atomic E-state index is 12.2. The quantitative estimate of drug-likeness (QED) is 0.816. The SMILES string of the molecule is C[C@H]1CCCC[C@@H]1NC(=O)COC(=O)c1sc2ccccc2c1Cl. The van der Waals surface area contributed by atoms with Crippen LogP contribution in [0.2, 0.25) is 5.02 Å². The number of ether oxygens (including phenoxy) is 1. The van der Waals surface area contributed by atoms with Crippen LogP contribution in [-0.4, -0.2) is 24.5 Å². The van der Waals surface area contributed by atoms with E-state index in [0.717, 1.165) is 29.3 Å². The minimum atomic E-state index is -0.548. The number of rotatable bonds is 4. The summed E-state index contributed by atoms with van der Waals surface area (Å²) in [4.78, 5) is 24.6. The number of hydrogen-bond acceptors (Lipinski definition) is 4. The van der Waals surface area contributed by atoms with Crippen LogP contribution in [0.15, 0.2) is 24.3 Å². The van der Waals surface area contributed by atoms with E-state index < -0.39 is 5.97 Å². The summed E-state index contributed by atoms with van der Waals surface area (Å²) in [6.45, 7) is 1.87. The molecule has 4 nitrogen and oxygen atoms in total. The second kappa shape index (κ2) is 7.53. The average molecular weight is 366 g/mol. The van der Waals surface area contributed by atoms with Crippen LogP contribution in [-0.2, 0) is 9.53 Å². The highest BCUT2D eigenvalue weighted by Gasteiger charge is 2.24. The number of amides is 1. The molecule has 24 heavy (non-hydrogen) atoms. The largest absolute Gasteiger partial charge is 0.451 e. The van der Waals surface area contributed by atoms with Crippen molar-refractivity contribution in [2.75, 3.05) is 6.61 Å². The first kappa shape index (κ1) is 17.2. The molecule has 0 unspecified atom stereocenters. The van der Waals surface area contributed by atoms with Gasteiger partial charge in [-0.05, 0) is 24.8 Å². The van der Waals surface area contributed by atoms with Crippen LogP contribution in [0.4, 0.5) is 0 Å². The molecule has 1 aromatic heterocycles. The predicted octanol–water partition coefficient (Wildman–Crippen LogP) is 4.41. The summed E-state index contributed by atoms with van der Waals surface area (Å²) in [7, 11) is 0. The van der Waals surface area contributed by atoms with Gasteiger partial charge in [0.25, 0.3) is 5.91 Å². The topological polar surface area (TPSA) is 55.4 Å². The van der Waals surface area contributed by atoms with Crippen molar-refractivity contribution in [1.82, 2.24) is 5.32 Å². The molecule has 0 radical (unpaired) electrons. The molecule has 0 aliphatic heterocycles. The Balaban J connectivity index is 1.58. The van der Waals surface area contributed by atoms with Crippen molar-refractivity contribution in [3.8, 4) is 0 Å². The van der Waals surface area contributed by atoms with E-state index in [1.54, 1.807) is 0 Å². The van der Waals surface area contributed by atoms with Crippen LogP contribution in [0.3, 0.4) is 0 Å². The summed E-state index contributed by atoms with van der Waals surface area (Å²) in [6, 6.07) is 7.71. The Bertz CT molecular complexity index is 758. The Morgan fingerprint density at radius 3 is 2.79 bits per heavy atom. The second-order valence-electron chi connectivity index (χ2n) is 6.25. The van der Waals surface area contributed by atoms with Gasteiger partial charge in [0.2, 0.25) is 0 Å². The fraction of sp³-hybridized carbons (Fsp3) is 0.444. The van der Waals surface area contributed by atoms with Gasteiger partial charge in [0.05, 0.1) is 5.02 Å². The maximum Gasteiger partial charge on any atom is 0.350 e. The monoisotopic (exact) mass is 365 g/mol. The summed E-state index contributed by atoms with van der Waals surface area (Å²) in [5, 5.41) is 4.19. The van der Waals surface area contributed by atoms with Crippen molar-refractivity contribution in [1.29, 1.82) is 0 Å². The second-order valence-corrected chi connectivity index (χ2v) is 7.68. The lowest BCUT2D eigenvalue weighted by molar-refractivity contribution is -0.125. The number of carbonyl (C=O) groups excluding carboxylic acids is 2. The van der Waals surface area contributed by atoms with Crippen LogP contribution in [0, 0.1) is 5.92 Å². The number of halogens is 1. The smallest absolute Gasteiger partial charge is 0.350 e. The molecular weight excluding hydrogens is 346 g/mol. The Labute approximate surface area is 150 Å². The number of nitrogens with one attached hydrogen (secondary N) is 1. The molecule has 128 valence electrons. The number of carbonyl (C=O) groups is 2. The van der Waals surface area contributed by atoms with Crippen molar-refractivity contribution < 1.29 is 14.3 Å². The van der Waals surface area contributed by atoms with Gasteiger partial charge < -0.3 is 10.1 Å². The van der Waals surface area contributed by atoms with Crippen LogP contribution in [0.5, 0.6) is 0 Å². The fourth-order valence-corrected chi connectivity index (χ4v) is 4.52. The van der Waals surface area contributed by atoms with Crippen molar-refractivity contribution in [2.45, 2.75) is 38.6 Å². The summed E-state index contributed by atoms with van der Waals surface area (Å²) < 4.78 is 6.08. The van der Waals surface area contributed by atoms with Gasteiger partial charge in [-0.2, -0.15) is 0 Å². The minimum Gasteiger partial charge on any atom is -0.451 e. The van der Waals surface area contributed by atoms with Gasteiger partial charge >= 0.3 is 5.97 Å². The first-order chi connectivity index (χ1) is 11.6. The average Bonchev–Trinajstić information content (AvgIpc) is 2.92. The van der Waals surface area contributed by atoms with Gasteiger partial charge in [-0.15, -0.1) is 11.3 Å². The van der Waals surface area contributed by atoms with Gasteiger partial charge in [-0.1, -0.05) is 49.6 Å². The van der Waals surface area contributed by atoms with Crippen molar-refractivity contribution >= 4 is 44.9 Å². The van der Waals surface area contributed by atoms with Crippen LogP contribution >= 0.6 is 22.9 Å². The molecule has 1 aromatic carbocycles. The first-order valence-electron chi connectivity index (χ1n) is 8.20. The molecule has 0 saturated heterocycles. The highest BCUT2D eigenvalue weighted by Crippen LogP contribution is 2.35. The van der Waals surface area contributed by atoms with Crippen LogP contribution in [0.1, 0.15) is 42.3 Å². The summed E-state index contributed by atoms with van der Waals surface area (Å²) in [5.41, 5.74) is 0. The number of thiophene rings is 1. The maximum atomic E-state index is 12.2. The number of fused-ring (bicyclic) bond motifs is 1. The molecule has 1 N–H and O–H groups in total. The van der Waals surface area contributed by atoms with E-state index in [-0.39, 0.29) is 18.6 Å². The van der Waals surface area contributed by atoms with Crippen molar-refractivity contribution in [3.05, 3.63) is 34.2 Å². The lowest BCUT2D eigenvalue weighted by Crippen LogP contribution is -2.42. The standard InChI is InChI=1S/C18H20ClNO3S/c1-11-6-2-4-8-13(11)20-15(21)10-23-18(22)17-16(19)12-7-3-5-9-14(12)24-17/h3,5,7,9,11,13H,2,4,6,8,10H2,1H3,(H,20,21)/t11-,13-/m0/s1. The Morgan fingerprint density at radius 1 is 1.29 bits per heavy atom. The summed E-state index contributed by atoms with van der Waals surface area (Å²) in [5.74, 6) is -0.331. The fourth-order valence-electron chi connectivity index (χ4n) is 3.12. The van der Waals surface area contributed by atoms with E-state index in [1.165, 1.54) is 17.8 Å². The molecule has 1 aliphatic rings.